The number of fused-ring (bicyclic) bond motifs is 5. The monoisotopic (exact) mass is 437 g/mol. The fourth-order valence-corrected chi connectivity index (χ4v) is 6.02. The molecule has 0 aromatic heterocycles. The second-order valence-corrected chi connectivity index (χ2v) is 10.2. The predicted molar refractivity (Wildman–Crippen MR) is 121 cm³/mol. The zero-order valence-corrected chi connectivity index (χ0v) is 18.9. The van der Waals surface area contributed by atoms with Crippen LogP contribution in [0, 0.1) is 16.7 Å². The number of rotatable bonds is 3. The summed E-state index contributed by atoms with van der Waals surface area (Å²) in [4.78, 5) is 15.3. The van der Waals surface area contributed by atoms with Gasteiger partial charge in [-0.05, 0) is 68.9 Å². The van der Waals surface area contributed by atoms with Gasteiger partial charge in [0.25, 0.3) is 5.91 Å². The van der Waals surface area contributed by atoms with E-state index in [1.54, 1.807) is 0 Å². The van der Waals surface area contributed by atoms with Crippen LogP contribution in [-0.4, -0.2) is 55.3 Å². The van der Waals surface area contributed by atoms with Gasteiger partial charge in [-0.2, -0.15) is 5.26 Å². The number of nitriles is 1. The van der Waals surface area contributed by atoms with Gasteiger partial charge < -0.3 is 19.7 Å². The van der Waals surface area contributed by atoms with Crippen LogP contribution in [0.5, 0.6) is 5.75 Å². The summed E-state index contributed by atoms with van der Waals surface area (Å²) < 4.78 is 12.5. The van der Waals surface area contributed by atoms with E-state index < -0.39 is 0 Å². The average molecular weight is 438 g/mol. The van der Waals surface area contributed by atoms with E-state index in [1.165, 1.54) is 5.56 Å². The van der Waals surface area contributed by atoms with Gasteiger partial charge in [0, 0.05) is 19.1 Å². The summed E-state index contributed by atoms with van der Waals surface area (Å²) in [6, 6.07) is 10.9. The molecule has 1 amide bonds. The molecule has 6 heteroatoms. The maximum absolute atomic E-state index is 13.3. The van der Waals surface area contributed by atoms with Crippen molar-refractivity contribution < 1.29 is 14.3 Å². The van der Waals surface area contributed by atoms with Crippen molar-refractivity contribution in [1.82, 2.24) is 10.2 Å². The van der Waals surface area contributed by atoms with Crippen LogP contribution in [0.4, 0.5) is 0 Å². The highest BCUT2D eigenvalue weighted by Gasteiger charge is 2.41. The molecule has 2 saturated carbocycles. The van der Waals surface area contributed by atoms with E-state index >= 15 is 0 Å². The van der Waals surface area contributed by atoms with E-state index in [4.69, 9.17) is 9.47 Å². The van der Waals surface area contributed by atoms with Gasteiger partial charge in [-0.15, -0.1) is 0 Å². The Morgan fingerprint density at radius 3 is 2.69 bits per heavy atom. The molecule has 32 heavy (non-hydrogen) atoms. The lowest BCUT2D eigenvalue weighted by Crippen LogP contribution is -2.60. The lowest BCUT2D eigenvalue weighted by atomic mass is 9.70. The second-order valence-electron chi connectivity index (χ2n) is 10.2. The molecular formula is C26H35N3O3. The van der Waals surface area contributed by atoms with E-state index in [0.717, 1.165) is 70.1 Å². The molecule has 0 spiro atoms. The quantitative estimate of drug-likeness (QED) is 0.779. The van der Waals surface area contributed by atoms with Crippen molar-refractivity contribution >= 4 is 5.91 Å². The van der Waals surface area contributed by atoms with Crippen LogP contribution in [0.25, 0.3) is 0 Å². The maximum atomic E-state index is 13.3. The molecular weight excluding hydrogens is 402 g/mol. The number of benzene rings is 1. The van der Waals surface area contributed by atoms with Crippen LogP contribution < -0.4 is 10.1 Å². The molecule has 1 aromatic rings. The third-order valence-corrected chi connectivity index (χ3v) is 8.24. The summed E-state index contributed by atoms with van der Waals surface area (Å²) in [5, 5.41) is 13.3. The highest BCUT2D eigenvalue weighted by Crippen LogP contribution is 2.40. The van der Waals surface area contributed by atoms with Crippen LogP contribution in [0.15, 0.2) is 24.3 Å². The van der Waals surface area contributed by atoms with Gasteiger partial charge >= 0.3 is 0 Å². The van der Waals surface area contributed by atoms with Crippen molar-refractivity contribution in [3.05, 3.63) is 29.8 Å². The second kappa shape index (κ2) is 9.41. The summed E-state index contributed by atoms with van der Waals surface area (Å²) in [5.41, 5.74) is 1.01. The standard InChI is InChI=1S/C26H35N3O3/c27-17-26(12-4-13-26)18-28-22-6-3-14-29-23(22)15-31-20-10-8-19(9-11-20)21-5-1-2-7-24(21)32-16-25(29)30/h1-2,5,7,19-20,22-23,28H,3-4,6,8-16,18H2/t19?,20?,22-,23-/m0/s1. The number of carbonyl (C=O) groups excluding carboxylic acids is 1. The molecule has 6 nitrogen and oxygen atoms in total. The summed E-state index contributed by atoms with van der Waals surface area (Å²) >= 11 is 0. The lowest BCUT2D eigenvalue weighted by Gasteiger charge is -2.44. The first-order chi connectivity index (χ1) is 15.7. The summed E-state index contributed by atoms with van der Waals surface area (Å²) in [6.07, 6.45) is 9.61. The van der Waals surface area contributed by atoms with E-state index in [2.05, 4.69) is 23.5 Å². The Balaban J connectivity index is 1.35. The zero-order chi connectivity index (χ0) is 22.0. The Kier molecular flexibility index (Phi) is 6.39. The first-order valence-corrected chi connectivity index (χ1v) is 12.4. The molecule has 2 aliphatic carbocycles. The average Bonchev–Trinajstić information content (AvgIpc) is 2.82. The largest absolute Gasteiger partial charge is 0.483 e. The Hall–Kier alpha value is -2.10. The Morgan fingerprint density at radius 1 is 1.12 bits per heavy atom. The highest BCUT2D eigenvalue weighted by molar-refractivity contribution is 5.78. The van der Waals surface area contributed by atoms with Crippen molar-refractivity contribution in [2.24, 2.45) is 5.41 Å². The molecule has 3 heterocycles. The fraction of sp³-hybridized carbons (Fsp3) is 0.692. The number of hydrogen-bond acceptors (Lipinski definition) is 5. The molecule has 172 valence electrons. The van der Waals surface area contributed by atoms with Gasteiger partial charge in [-0.1, -0.05) is 24.6 Å². The van der Waals surface area contributed by atoms with Gasteiger partial charge in [0.15, 0.2) is 6.61 Å². The minimum Gasteiger partial charge on any atom is -0.483 e. The molecule has 3 fully saturated rings. The Labute approximate surface area is 191 Å². The van der Waals surface area contributed by atoms with E-state index in [9.17, 15) is 10.1 Å². The van der Waals surface area contributed by atoms with Crippen LogP contribution in [0.2, 0.25) is 0 Å². The number of amides is 1. The molecule has 1 saturated heterocycles. The summed E-state index contributed by atoms with van der Waals surface area (Å²) in [6.45, 7) is 2.08. The predicted octanol–water partition coefficient (Wildman–Crippen LogP) is 3.76. The topological polar surface area (TPSA) is 74.6 Å². The number of nitrogens with zero attached hydrogens (tertiary/aromatic N) is 2. The fourth-order valence-electron chi connectivity index (χ4n) is 6.02. The van der Waals surface area contributed by atoms with E-state index in [1.807, 2.05) is 17.0 Å². The first-order valence-electron chi connectivity index (χ1n) is 12.4. The van der Waals surface area contributed by atoms with E-state index in [-0.39, 0.29) is 36.1 Å². The van der Waals surface area contributed by atoms with Crippen LogP contribution in [0.3, 0.4) is 0 Å². The van der Waals surface area contributed by atoms with Gasteiger partial charge in [0.1, 0.15) is 5.75 Å². The highest BCUT2D eigenvalue weighted by atomic mass is 16.5. The molecule has 6 rings (SSSR count). The first kappa shape index (κ1) is 21.7. The molecule has 3 aliphatic heterocycles. The zero-order valence-electron chi connectivity index (χ0n) is 18.9. The smallest absolute Gasteiger partial charge is 0.260 e. The van der Waals surface area contributed by atoms with E-state index in [0.29, 0.717) is 19.1 Å². The number of carbonyl (C=O) groups is 1. The summed E-state index contributed by atoms with van der Waals surface area (Å²) in [7, 11) is 0. The van der Waals surface area contributed by atoms with Crippen molar-refractivity contribution in [3.8, 4) is 11.8 Å². The third kappa shape index (κ3) is 4.38. The van der Waals surface area contributed by atoms with Crippen molar-refractivity contribution in [3.63, 3.8) is 0 Å². The maximum Gasteiger partial charge on any atom is 0.260 e. The minimum atomic E-state index is -0.221. The van der Waals surface area contributed by atoms with Crippen LogP contribution in [-0.2, 0) is 9.53 Å². The van der Waals surface area contributed by atoms with Crippen LogP contribution in [0.1, 0.15) is 69.3 Å². The van der Waals surface area contributed by atoms with Crippen LogP contribution >= 0.6 is 0 Å². The Morgan fingerprint density at radius 2 is 1.94 bits per heavy atom. The number of para-hydroxylation sites is 1. The number of ether oxygens (including phenoxy) is 2. The van der Waals surface area contributed by atoms with Gasteiger partial charge in [0.2, 0.25) is 0 Å². The molecule has 1 aromatic carbocycles. The molecule has 2 atom stereocenters. The third-order valence-electron chi connectivity index (χ3n) is 8.24. The molecule has 0 radical (unpaired) electrons. The molecule has 0 unspecified atom stereocenters. The SMILES string of the molecule is N#CC1(CN[C@H]2CCCN3C(=O)COc4ccccc4C4CCC(CC4)OC[C@@H]23)CCC1. The van der Waals surface area contributed by atoms with Gasteiger partial charge in [-0.3, -0.25) is 4.79 Å². The molecule has 2 bridgehead atoms. The molecule has 1 N–H and O–H groups in total. The normalized spacial score (nSPS) is 32.1. The minimum absolute atomic E-state index is 0.00982. The van der Waals surface area contributed by atoms with Crippen molar-refractivity contribution in [1.29, 1.82) is 5.26 Å². The van der Waals surface area contributed by atoms with Gasteiger partial charge in [-0.25, -0.2) is 0 Å². The molecule has 5 aliphatic rings. The number of nitrogens with one attached hydrogen (secondary N) is 1. The number of piperidine rings is 1. The number of hydrogen-bond donors (Lipinski definition) is 1. The lowest BCUT2D eigenvalue weighted by molar-refractivity contribution is -0.141. The van der Waals surface area contributed by atoms with Crippen molar-refractivity contribution in [2.45, 2.75) is 81.9 Å². The van der Waals surface area contributed by atoms with Gasteiger partial charge in [0.05, 0.1) is 30.2 Å². The van der Waals surface area contributed by atoms with Crippen molar-refractivity contribution in [2.75, 3.05) is 26.3 Å². The summed E-state index contributed by atoms with van der Waals surface area (Å²) in [5.74, 6) is 1.36. The Bertz CT molecular complexity index is 854.